The van der Waals surface area contributed by atoms with Crippen LogP contribution < -0.4 is 4.74 Å². The van der Waals surface area contributed by atoms with Gasteiger partial charge in [-0.2, -0.15) is 0 Å². The highest BCUT2D eigenvalue weighted by atomic mass is 16.5. The zero-order chi connectivity index (χ0) is 16.4. The Kier molecular flexibility index (Phi) is 3.72. The molecule has 0 unspecified atom stereocenters. The van der Waals surface area contributed by atoms with E-state index in [0.29, 0.717) is 5.75 Å². The molecule has 4 rings (SSSR count). The summed E-state index contributed by atoms with van der Waals surface area (Å²) in [5, 5.41) is 0. The Balaban J connectivity index is 1.56. The topological polar surface area (TPSA) is 26.3 Å². The van der Waals surface area contributed by atoms with Crippen LogP contribution in [-0.4, -0.2) is 5.97 Å². The minimum Gasteiger partial charge on any atom is -0.423 e. The average Bonchev–Trinajstić information content (AvgIpc) is 3.01. The largest absolute Gasteiger partial charge is 0.423 e. The molecule has 0 atom stereocenters. The fourth-order valence-electron chi connectivity index (χ4n) is 3.09. The minimum absolute atomic E-state index is 0.358. The van der Waals surface area contributed by atoms with Crippen molar-refractivity contribution in [2.24, 2.45) is 0 Å². The van der Waals surface area contributed by atoms with Crippen LogP contribution in [0.2, 0.25) is 0 Å². The van der Waals surface area contributed by atoms with E-state index in [0.717, 1.165) is 23.1 Å². The van der Waals surface area contributed by atoms with Gasteiger partial charge in [0.25, 0.3) is 0 Å². The first-order valence-corrected chi connectivity index (χ1v) is 7.96. The summed E-state index contributed by atoms with van der Waals surface area (Å²) in [6.07, 6.45) is 4.04. The SMILES string of the molecule is O=C(/C=C/c1ccccc1)Oc1cccc2c1Cc1ccccc1-2. The van der Waals surface area contributed by atoms with Crippen LogP contribution >= 0.6 is 0 Å². The number of ether oxygens (including phenoxy) is 1. The van der Waals surface area contributed by atoms with E-state index in [1.807, 2.05) is 54.6 Å². The highest BCUT2D eigenvalue weighted by Crippen LogP contribution is 2.40. The second kappa shape index (κ2) is 6.17. The zero-order valence-electron chi connectivity index (χ0n) is 13.1. The molecule has 0 amide bonds. The van der Waals surface area contributed by atoms with Crippen molar-refractivity contribution in [3.63, 3.8) is 0 Å². The molecule has 0 aromatic heterocycles. The van der Waals surface area contributed by atoms with Gasteiger partial charge in [-0.05, 0) is 34.4 Å². The van der Waals surface area contributed by atoms with Gasteiger partial charge in [-0.1, -0.05) is 66.7 Å². The molecule has 0 spiro atoms. The van der Waals surface area contributed by atoms with Crippen LogP contribution in [0.5, 0.6) is 5.75 Å². The summed E-state index contributed by atoms with van der Waals surface area (Å²) in [4.78, 5) is 12.1. The molecule has 0 radical (unpaired) electrons. The van der Waals surface area contributed by atoms with E-state index < -0.39 is 0 Å². The van der Waals surface area contributed by atoms with Crippen LogP contribution in [0.25, 0.3) is 17.2 Å². The molecule has 0 saturated heterocycles. The van der Waals surface area contributed by atoms with Crippen LogP contribution in [0.4, 0.5) is 0 Å². The Morgan fingerprint density at radius 2 is 1.58 bits per heavy atom. The molecule has 0 fully saturated rings. The normalized spacial score (nSPS) is 12.0. The van der Waals surface area contributed by atoms with Gasteiger partial charge in [0.15, 0.2) is 0 Å². The monoisotopic (exact) mass is 312 g/mol. The van der Waals surface area contributed by atoms with Crippen molar-refractivity contribution >= 4 is 12.0 Å². The molecule has 0 aliphatic heterocycles. The van der Waals surface area contributed by atoms with E-state index in [-0.39, 0.29) is 5.97 Å². The van der Waals surface area contributed by atoms with Crippen molar-refractivity contribution in [3.8, 4) is 16.9 Å². The maximum absolute atomic E-state index is 12.1. The number of benzene rings is 3. The van der Waals surface area contributed by atoms with E-state index in [2.05, 4.69) is 18.2 Å². The van der Waals surface area contributed by atoms with Crippen molar-refractivity contribution in [2.75, 3.05) is 0 Å². The average molecular weight is 312 g/mol. The van der Waals surface area contributed by atoms with Crippen LogP contribution in [0, 0.1) is 0 Å². The van der Waals surface area contributed by atoms with E-state index in [4.69, 9.17) is 4.74 Å². The maximum Gasteiger partial charge on any atom is 0.336 e. The van der Waals surface area contributed by atoms with Gasteiger partial charge >= 0.3 is 5.97 Å². The van der Waals surface area contributed by atoms with Crippen molar-refractivity contribution in [1.82, 2.24) is 0 Å². The Bertz CT molecular complexity index is 924. The van der Waals surface area contributed by atoms with Crippen LogP contribution in [0.3, 0.4) is 0 Å². The third-order valence-corrected chi connectivity index (χ3v) is 4.23. The van der Waals surface area contributed by atoms with Crippen molar-refractivity contribution in [3.05, 3.63) is 95.6 Å². The van der Waals surface area contributed by atoms with Gasteiger partial charge in [0.2, 0.25) is 0 Å². The van der Waals surface area contributed by atoms with Gasteiger partial charge in [0, 0.05) is 18.1 Å². The highest BCUT2D eigenvalue weighted by Gasteiger charge is 2.21. The summed E-state index contributed by atoms with van der Waals surface area (Å²) in [5.74, 6) is 0.287. The molecule has 3 aromatic rings. The standard InChI is InChI=1S/C22H16O2/c23-22(14-13-16-7-2-1-3-8-16)24-21-12-6-11-19-18-10-5-4-9-17(18)15-20(19)21/h1-14H,15H2/b14-13+. The number of hydrogen-bond donors (Lipinski definition) is 0. The van der Waals surface area contributed by atoms with Crippen molar-refractivity contribution in [1.29, 1.82) is 0 Å². The number of carbonyl (C=O) groups is 1. The third-order valence-electron chi connectivity index (χ3n) is 4.23. The highest BCUT2D eigenvalue weighted by molar-refractivity contribution is 5.89. The van der Waals surface area contributed by atoms with Crippen molar-refractivity contribution < 1.29 is 9.53 Å². The first kappa shape index (κ1) is 14.5. The quantitative estimate of drug-likeness (QED) is 0.306. The van der Waals surface area contributed by atoms with Crippen LogP contribution in [0.1, 0.15) is 16.7 Å². The van der Waals surface area contributed by atoms with Gasteiger partial charge in [0.1, 0.15) is 5.75 Å². The fourth-order valence-corrected chi connectivity index (χ4v) is 3.09. The molecule has 3 aromatic carbocycles. The van der Waals surface area contributed by atoms with Gasteiger partial charge < -0.3 is 4.74 Å². The second-order valence-electron chi connectivity index (χ2n) is 5.78. The molecule has 0 saturated carbocycles. The molecule has 0 heterocycles. The maximum atomic E-state index is 12.1. The molecule has 1 aliphatic carbocycles. The molecule has 24 heavy (non-hydrogen) atoms. The summed E-state index contributed by atoms with van der Waals surface area (Å²) in [6, 6.07) is 23.9. The lowest BCUT2D eigenvalue weighted by Gasteiger charge is -2.07. The number of esters is 1. The predicted molar refractivity (Wildman–Crippen MR) is 95.8 cm³/mol. The summed E-state index contributed by atoms with van der Waals surface area (Å²) < 4.78 is 5.58. The Morgan fingerprint density at radius 1 is 0.833 bits per heavy atom. The van der Waals surface area contributed by atoms with Gasteiger partial charge in [-0.15, -0.1) is 0 Å². The van der Waals surface area contributed by atoms with Crippen LogP contribution in [0.15, 0.2) is 78.9 Å². The number of hydrogen-bond acceptors (Lipinski definition) is 2. The van der Waals surface area contributed by atoms with E-state index in [1.54, 1.807) is 6.08 Å². The van der Waals surface area contributed by atoms with E-state index >= 15 is 0 Å². The number of carbonyl (C=O) groups excluding carboxylic acids is 1. The second-order valence-corrected chi connectivity index (χ2v) is 5.78. The molecular formula is C22H16O2. The molecule has 0 bridgehead atoms. The Hall–Kier alpha value is -3.13. The van der Waals surface area contributed by atoms with Crippen molar-refractivity contribution in [2.45, 2.75) is 6.42 Å². The molecule has 1 aliphatic rings. The molecule has 0 N–H and O–H groups in total. The fraction of sp³-hybridized carbons (Fsp3) is 0.0455. The first-order valence-electron chi connectivity index (χ1n) is 7.96. The number of fused-ring (bicyclic) bond motifs is 3. The number of rotatable bonds is 3. The molecule has 116 valence electrons. The van der Waals surface area contributed by atoms with Gasteiger partial charge in [-0.25, -0.2) is 4.79 Å². The van der Waals surface area contributed by atoms with Gasteiger partial charge in [0.05, 0.1) is 0 Å². The summed E-state index contributed by atoms with van der Waals surface area (Å²) in [7, 11) is 0. The molecule has 2 nitrogen and oxygen atoms in total. The third kappa shape index (κ3) is 2.74. The predicted octanol–water partition coefficient (Wildman–Crippen LogP) is 4.88. The minimum atomic E-state index is -0.358. The molecule has 2 heteroatoms. The van der Waals surface area contributed by atoms with Gasteiger partial charge in [-0.3, -0.25) is 0 Å². The summed E-state index contributed by atoms with van der Waals surface area (Å²) in [5.41, 5.74) is 5.71. The smallest absolute Gasteiger partial charge is 0.336 e. The zero-order valence-corrected chi connectivity index (χ0v) is 13.1. The van der Waals surface area contributed by atoms with Crippen LogP contribution in [-0.2, 0) is 11.2 Å². The lowest BCUT2D eigenvalue weighted by Crippen LogP contribution is -2.05. The Labute approximate surface area is 141 Å². The van der Waals surface area contributed by atoms with E-state index in [1.165, 1.54) is 17.2 Å². The van der Waals surface area contributed by atoms with E-state index in [9.17, 15) is 4.79 Å². The molecular weight excluding hydrogens is 296 g/mol. The summed E-state index contributed by atoms with van der Waals surface area (Å²) >= 11 is 0. The first-order chi connectivity index (χ1) is 11.8. The lowest BCUT2D eigenvalue weighted by atomic mass is 10.1. The lowest BCUT2D eigenvalue weighted by molar-refractivity contribution is -0.128. The Morgan fingerprint density at radius 3 is 2.46 bits per heavy atom. The summed E-state index contributed by atoms with van der Waals surface area (Å²) in [6.45, 7) is 0.